The molecule has 22 heavy (non-hydrogen) atoms. The van der Waals surface area contributed by atoms with Crippen LogP contribution in [0.5, 0.6) is 0 Å². The van der Waals surface area contributed by atoms with Crippen LogP contribution in [0.2, 0.25) is 0 Å². The van der Waals surface area contributed by atoms with Crippen molar-refractivity contribution in [2.45, 2.75) is 32.2 Å². The van der Waals surface area contributed by atoms with Crippen LogP contribution in [0.3, 0.4) is 0 Å². The van der Waals surface area contributed by atoms with Crippen LogP contribution in [0.1, 0.15) is 37.8 Å². The molecule has 0 saturated carbocycles. The summed E-state index contributed by atoms with van der Waals surface area (Å²) in [6.45, 7) is 2.44. The van der Waals surface area contributed by atoms with E-state index in [1.165, 1.54) is 0 Å². The Bertz CT molecular complexity index is 539. The van der Waals surface area contributed by atoms with E-state index in [-0.39, 0.29) is 23.8 Å². The molecular weight excluding hydrogens is 276 g/mol. The monoisotopic (exact) mass is 300 g/mol. The summed E-state index contributed by atoms with van der Waals surface area (Å²) in [5, 5.41) is 3.05. The lowest BCUT2D eigenvalue weighted by molar-refractivity contribution is -0.134. The smallest absolute Gasteiger partial charge is 0.225 e. The Morgan fingerprint density at radius 3 is 2.59 bits per heavy atom. The number of likely N-dealkylation sites (N-methyl/N-ethyl adjacent to an activating group) is 1. The molecule has 0 bridgehead atoms. The molecule has 1 N–H and O–H groups in total. The van der Waals surface area contributed by atoms with Gasteiger partial charge in [-0.1, -0.05) is 49.4 Å². The lowest BCUT2D eigenvalue weighted by Crippen LogP contribution is -2.40. The van der Waals surface area contributed by atoms with Crippen LogP contribution < -0.4 is 5.32 Å². The van der Waals surface area contributed by atoms with Crippen molar-refractivity contribution in [1.29, 1.82) is 0 Å². The third-order valence-corrected chi connectivity index (χ3v) is 3.99. The summed E-state index contributed by atoms with van der Waals surface area (Å²) in [5.74, 6) is 0.0983. The Kier molecular flexibility index (Phi) is 5.75. The van der Waals surface area contributed by atoms with Crippen LogP contribution in [0.25, 0.3) is 0 Å². The Morgan fingerprint density at radius 2 is 1.86 bits per heavy atom. The van der Waals surface area contributed by atoms with Crippen LogP contribution in [-0.2, 0) is 9.59 Å². The molecule has 2 rings (SSSR count). The average Bonchev–Trinajstić information content (AvgIpc) is 2.52. The Balaban J connectivity index is 2.21. The highest BCUT2D eigenvalue weighted by atomic mass is 16.2. The van der Waals surface area contributed by atoms with Crippen LogP contribution in [0, 0.1) is 5.92 Å². The van der Waals surface area contributed by atoms with Gasteiger partial charge in [0, 0.05) is 25.9 Å². The van der Waals surface area contributed by atoms with E-state index in [1.807, 2.05) is 49.4 Å². The van der Waals surface area contributed by atoms with E-state index in [0.717, 1.165) is 12.0 Å². The van der Waals surface area contributed by atoms with Crippen molar-refractivity contribution < 1.29 is 9.59 Å². The van der Waals surface area contributed by atoms with Gasteiger partial charge >= 0.3 is 0 Å². The standard InChI is InChI=1S/C18H24N2O2/c1-14-9-5-3-8-12-17(21)19-16(13-20(2)18(14)22)15-10-6-4-7-11-15/h3-7,10-11,14,16H,8-9,12-13H2,1-2H3,(H,19,21)/t14-,16?/m1/s1. The molecule has 2 amide bonds. The number of allylic oxidation sites excluding steroid dienone is 2. The zero-order chi connectivity index (χ0) is 15.9. The van der Waals surface area contributed by atoms with Crippen LogP contribution in [0.15, 0.2) is 42.5 Å². The normalized spacial score (nSPS) is 24.4. The van der Waals surface area contributed by atoms with Gasteiger partial charge in [0.2, 0.25) is 11.8 Å². The summed E-state index contributed by atoms with van der Waals surface area (Å²) in [6, 6.07) is 9.65. The predicted molar refractivity (Wildman–Crippen MR) is 87.1 cm³/mol. The van der Waals surface area contributed by atoms with E-state index < -0.39 is 0 Å². The number of carbonyl (C=O) groups excluding carboxylic acids is 2. The quantitative estimate of drug-likeness (QED) is 0.811. The number of hydrogen-bond donors (Lipinski definition) is 1. The molecule has 4 heteroatoms. The van der Waals surface area contributed by atoms with E-state index in [0.29, 0.717) is 19.4 Å². The van der Waals surface area contributed by atoms with Crippen molar-refractivity contribution >= 4 is 11.8 Å². The second kappa shape index (κ2) is 7.78. The first-order valence-corrected chi connectivity index (χ1v) is 7.82. The van der Waals surface area contributed by atoms with Gasteiger partial charge < -0.3 is 10.2 Å². The van der Waals surface area contributed by atoms with E-state index in [4.69, 9.17) is 0 Å². The Morgan fingerprint density at radius 1 is 1.14 bits per heavy atom. The molecule has 1 heterocycles. The topological polar surface area (TPSA) is 49.4 Å². The van der Waals surface area contributed by atoms with Gasteiger partial charge in [-0.15, -0.1) is 0 Å². The SMILES string of the molecule is C[C@@H]1CC=CCCC(=O)NC(c2ccccc2)CN(C)C1=O. The maximum atomic E-state index is 12.4. The first-order chi connectivity index (χ1) is 10.6. The minimum absolute atomic E-state index is 0.0213. The van der Waals surface area contributed by atoms with Crippen LogP contribution in [0.4, 0.5) is 0 Å². The number of benzene rings is 1. The molecule has 118 valence electrons. The fraction of sp³-hybridized carbons (Fsp3) is 0.444. The van der Waals surface area contributed by atoms with Crippen molar-refractivity contribution in [3.05, 3.63) is 48.0 Å². The summed E-state index contributed by atoms with van der Waals surface area (Å²) < 4.78 is 0. The zero-order valence-electron chi connectivity index (χ0n) is 13.3. The van der Waals surface area contributed by atoms with Gasteiger partial charge in [0.1, 0.15) is 0 Å². The molecule has 0 fully saturated rings. The largest absolute Gasteiger partial charge is 0.347 e. The van der Waals surface area contributed by atoms with E-state index in [1.54, 1.807) is 11.9 Å². The molecule has 0 aromatic heterocycles. The maximum absolute atomic E-state index is 12.4. The van der Waals surface area contributed by atoms with E-state index in [9.17, 15) is 9.59 Å². The van der Waals surface area contributed by atoms with Gasteiger partial charge in [-0.3, -0.25) is 9.59 Å². The van der Waals surface area contributed by atoms with Crippen molar-refractivity contribution in [1.82, 2.24) is 10.2 Å². The van der Waals surface area contributed by atoms with Gasteiger partial charge in [0.05, 0.1) is 6.04 Å². The zero-order valence-corrected chi connectivity index (χ0v) is 13.3. The summed E-state index contributed by atoms with van der Waals surface area (Å²) in [6.07, 6.45) is 5.90. The fourth-order valence-corrected chi connectivity index (χ4v) is 2.66. The summed E-state index contributed by atoms with van der Waals surface area (Å²) in [7, 11) is 1.80. The van der Waals surface area contributed by atoms with Gasteiger partial charge in [0.15, 0.2) is 0 Å². The van der Waals surface area contributed by atoms with Crippen molar-refractivity contribution in [2.24, 2.45) is 5.92 Å². The number of nitrogens with zero attached hydrogens (tertiary/aromatic N) is 1. The molecule has 1 aromatic carbocycles. The molecule has 0 aliphatic carbocycles. The molecule has 4 nitrogen and oxygen atoms in total. The Labute approximate surface area is 132 Å². The molecule has 1 unspecified atom stereocenters. The first kappa shape index (κ1) is 16.3. The molecule has 0 saturated heterocycles. The molecule has 1 aliphatic rings. The third-order valence-electron chi connectivity index (χ3n) is 3.99. The molecule has 1 aliphatic heterocycles. The molecule has 1 aromatic rings. The second-order valence-electron chi connectivity index (χ2n) is 5.90. The van der Waals surface area contributed by atoms with Gasteiger partial charge in [-0.2, -0.15) is 0 Å². The highest BCUT2D eigenvalue weighted by Gasteiger charge is 2.22. The number of rotatable bonds is 1. The van der Waals surface area contributed by atoms with Gasteiger partial charge in [-0.05, 0) is 18.4 Å². The van der Waals surface area contributed by atoms with E-state index in [2.05, 4.69) is 5.32 Å². The highest BCUT2D eigenvalue weighted by Crippen LogP contribution is 2.17. The maximum Gasteiger partial charge on any atom is 0.225 e. The van der Waals surface area contributed by atoms with Crippen LogP contribution in [-0.4, -0.2) is 30.3 Å². The number of nitrogens with one attached hydrogen (secondary N) is 1. The predicted octanol–water partition coefficient (Wildman–Crippen LogP) is 2.68. The minimum Gasteiger partial charge on any atom is -0.347 e. The summed E-state index contributed by atoms with van der Waals surface area (Å²) >= 11 is 0. The molecule has 2 atom stereocenters. The Hall–Kier alpha value is -2.10. The average molecular weight is 300 g/mol. The molecular formula is C18H24N2O2. The van der Waals surface area contributed by atoms with Gasteiger partial charge in [-0.25, -0.2) is 0 Å². The lowest BCUT2D eigenvalue weighted by atomic mass is 10.0. The van der Waals surface area contributed by atoms with Crippen molar-refractivity contribution in [2.75, 3.05) is 13.6 Å². The van der Waals surface area contributed by atoms with Gasteiger partial charge in [0.25, 0.3) is 0 Å². The number of hydrogen-bond acceptors (Lipinski definition) is 2. The second-order valence-corrected chi connectivity index (χ2v) is 5.90. The first-order valence-electron chi connectivity index (χ1n) is 7.82. The minimum atomic E-state index is -0.168. The van der Waals surface area contributed by atoms with Crippen molar-refractivity contribution in [3.8, 4) is 0 Å². The summed E-state index contributed by atoms with van der Waals surface area (Å²) in [5.41, 5.74) is 1.02. The van der Waals surface area contributed by atoms with Crippen molar-refractivity contribution in [3.63, 3.8) is 0 Å². The fourth-order valence-electron chi connectivity index (χ4n) is 2.66. The molecule has 0 radical (unpaired) electrons. The number of carbonyl (C=O) groups is 2. The van der Waals surface area contributed by atoms with E-state index >= 15 is 0 Å². The number of amides is 2. The highest BCUT2D eigenvalue weighted by molar-refractivity contribution is 5.79. The lowest BCUT2D eigenvalue weighted by Gasteiger charge is -2.27. The van der Waals surface area contributed by atoms with Crippen LogP contribution >= 0.6 is 0 Å². The summed E-state index contributed by atoms with van der Waals surface area (Å²) in [4.78, 5) is 26.2. The third kappa shape index (κ3) is 4.45. The molecule has 0 spiro atoms.